The van der Waals surface area contributed by atoms with E-state index in [9.17, 15) is 0 Å². The summed E-state index contributed by atoms with van der Waals surface area (Å²) in [6.45, 7) is 10.6. The number of guanidine groups is 1. The average Bonchev–Trinajstić information content (AvgIpc) is 3.18. The Balaban J connectivity index is 0.00000392. The Morgan fingerprint density at radius 2 is 1.93 bits per heavy atom. The minimum atomic E-state index is 0. The maximum atomic E-state index is 5.44. The first-order valence-corrected chi connectivity index (χ1v) is 9.86. The summed E-state index contributed by atoms with van der Waals surface area (Å²) in [6.07, 6.45) is 2.29. The summed E-state index contributed by atoms with van der Waals surface area (Å²) in [5.41, 5.74) is 1.88. The van der Waals surface area contributed by atoms with E-state index in [1.54, 1.807) is 7.05 Å². The van der Waals surface area contributed by atoms with E-state index in [1.807, 2.05) is 36.4 Å². The zero-order chi connectivity index (χ0) is 19.5. The molecule has 1 unspecified atom stereocenters. The summed E-state index contributed by atoms with van der Waals surface area (Å²) < 4.78 is 5.44. The zero-order valence-electron chi connectivity index (χ0n) is 17.4. The zero-order valence-corrected chi connectivity index (χ0v) is 19.8. The van der Waals surface area contributed by atoms with Crippen molar-refractivity contribution >= 4 is 29.9 Å². The van der Waals surface area contributed by atoms with Gasteiger partial charge in [0.2, 0.25) is 0 Å². The van der Waals surface area contributed by atoms with E-state index in [1.165, 1.54) is 6.42 Å². The van der Waals surface area contributed by atoms with Crippen LogP contribution in [0.3, 0.4) is 0 Å². The maximum absolute atomic E-state index is 5.44. The van der Waals surface area contributed by atoms with Gasteiger partial charge in [-0.25, -0.2) is 0 Å². The number of hydrogen-bond acceptors (Lipinski definition) is 4. The molecule has 0 bridgehead atoms. The molecule has 1 aromatic carbocycles. The van der Waals surface area contributed by atoms with Crippen LogP contribution in [-0.4, -0.2) is 48.7 Å². The van der Waals surface area contributed by atoms with Crippen LogP contribution in [0.2, 0.25) is 0 Å². The lowest BCUT2D eigenvalue weighted by atomic mass is 10.1. The number of hydrogen-bond donors (Lipinski definition) is 2. The van der Waals surface area contributed by atoms with Crippen molar-refractivity contribution in [1.29, 1.82) is 0 Å². The molecule has 0 aliphatic heterocycles. The molecule has 0 aliphatic rings. The summed E-state index contributed by atoms with van der Waals surface area (Å²) in [5.74, 6) is 1.56. The molecule has 2 aromatic rings. The molecule has 1 atom stereocenters. The molecule has 2 rings (SSSR count). The van der Waals surface area contributed by atoms with Crippen molar-refractivity contribution in [2.45, 2.75) is 46.2 Å². The lowest BCUT2D eigenvalue weighted by Gasteiger charge is -2.21. The Labute approximate surface area is 186 Å². The van der Waals surface area contributed by atoms with Gasteiger partial charge in [0.1, 0.15) is 5.69 Å². The SMILES string of the molecule is CCN(CC)CCCC(C)NC(=NC)NCc1cc(-c2ccccc2)on1.I. The molecule has 2 N–H and O–H groups in total. The molecule has 28 heavy (non-hydrogen) atoms. The summed E-state index contributed by atoms with van der Waals surface area (Å²) in [5, 5.41) is 10.9. The van der Waals surface area contributed by atoms with Crippen LogP contribution in [0, 0.1) is 0 Å². The van der Waals surface area contributed by atoms with Crippen LogP contribution in [-0.2, 0) is 6.54 Å². The third kappa shape index (κ3) is 8.18. The van der Waals surface area contributed by atoms with Crippen LogP contribution in [0.1, 0.15) is 39.3 Å². The van der Waals surface area contributed by atoms with E-state index < -0.39 is 0 Å². The first-order chi connectivity index (χ1) is 13.2. The molecule has 1 aromatic heterocycles. The average molecular weight is 499 g/mol. The second-order valence-corrected chi connectivity index (χ2v) is 6.69. The normalized spacial score (nSPS) is 12.5. The highest BCUT2D eigenvalue weighted by atomic mass is 127. The van der Waals surface area contributed by atoms with E-state index in [-0.39, 0.29) is 24.0 Å². The predicted molar refractivity (Wildman–Crippen MR) is 127 cm³/mol. The number of halogens is 1. The molecule has 0 radical (unpaired) electrons. The molecular formula is C21H34IN5O. The van der Waals surface area contributed by atoms with Crippen LogP contribution >= 0.6 is 24.0 Å². The first-order valence-electron chi connectivity index (χ1n) is 9.86. The van der Waals surface area contributed by atoms with Crippen LogP contribution in [0.4, 0.5) is 0 Å². The van der Waals surface area contributed by atoms with Crippen molar-refractivity contribution in [3.63, 3.8) is 0 Å². The summed E-state index contributed by atoms with van der Waals surface area (Å²) in [7, 11) is 1.79. The van der Waals surface area contributed by atoms with Gasteiger partial charge in [0, 0.05) is 24.7 Å². The highest BCUT2D eigenvalue weighted by Crippen LogP contribution is 2.19. The number of benzene rings is 1. The van der Waals surface area contributed by atoms with Gasteiger partial charge in [-0.15, -0.1) is 24.0 Å². The molecule has 0 spiro atoms. The Morgan fingerprint density at radius 3 is 2.57 bits per heavy atom. The summed E-state index contributed by atoms with van der Waals surface area (Å²) in [6, 6.07) is 12.3. The van der Waals surface area contributed by atoms with Gasteiger partial charge in [-0.1, -0.05) is 49.3 Å². The fourth-order valence-electron chi connectivity index (χ4n) is 2.97. The third-order valence-electron chi connectivity index (χ3n) is 4.67. The Bertz CT molecular complexity index is 685. The van der Waals surface area contributed by atoms with Crippen molar-refractivity contribution in [1.82, 2.24) is 20.7 Å². The Hall–Kier alpha value is -1.61. The standard InChI is InChI=1S/C21H33N5O.HI/c1-5-26(6-2)14-10-11-17(3)24-21(22-4)23-16-19-15-20(27-25-19)18-12-8-7-9-13-18;/h7-9,12-13,15,17H,5-6,10-11,14,16H2,1-4H3,(H2,22,23,24);1H. The minimum Gasteiger partial charge on any atom is -0.356 e. The van der Waals surface area contributed by atoms with Crippen molar-refractivity contribution in [3.05, 3.63) is 42.1 Å². The minimum absolute atomic E-state index is 0. The van der Waals surface area contributed by atoms with Crippen molar-refractivity contribution in [3.8, 4) is 11.3 Å². The predicted octanol–water partition coefficient (Wildman–Crippen LogP) is 4.14. The molecular weight excluding hydrogens is 465 g/mol. The second-order valence-electron chi connectivity index (χ2n) is 6.69. The van der Waals surface area contributed by atoms with Crippen molar-refractivity contribution in [2.75, 3.05) is 26.7 Å². The Morgan fingerprint density at radius 1 is 1.21 bits per heavy atom. The highest BCUT2D eigenvalue weighted by molar-refractivity contribution is 14.0. The van der Waals surface area contributed by atoms with Gasteiger partial charge in [0.15, 0.2) is 11.7 Å². The molecule has 6 nitrogen and oxygen atoms in total. The largest absolute Gasteiger partial charge is 0.356 e. The number of nitrogens with zero attached hydrogens (tertiary/aromatic N) is 3. The van der Waals surface area contributed by atoms with Crippen LogP contribution in [0.25, 0.3) is 11.3 Å². The van der Waals surface area contributed by atoms with E-state index in [4.69, 9.17) is 4.52 Å². The quantitative estimate of drug-likeness (QED) is 0.292. The van der Waals surface area contributed by atoms with Gasteiger partial charge < -0.3 is 20.1 Å². The van der Waals surface area contributed by atoms with E-state index >= 15 is 0 Å². The molecule has 0 fully saturated rings. The molecule has 7 heteroatoms. The van der Waals surface area contributed by atoms with Crippen LogP contribution < -0.4 is 10.6 Å². The third-order valence-corrected chi connectivity index (χ3v) is 4.67. The lowest BCUT2D eigenvalue weighted by molar-refractivity contribution is 0.292. The molecule has 156 valence electrons. The van der Waals surface area contributed by atoms with Gasteiger partial charge in [-0.05, 0) is 39.4 Å². The monoisotopic (exact) mass is 499 g/mol. The van der Waals surface area contributed by atoms with Crippen molar-refractivity contribution in [2.24, 2.45) is 4.99 Å². The second kappa shape index (κ2) is 13.5. The van der Waals surface area contributed by atoms with Gasteiger partial charge in [-0.3, -0.25) is 4.99 Å². The number of rotatable bonds is 10. The van der Waals surface area contributed by atoms with E-state index in [0.717, 1.165) is 49.0 Å². The molecule has 0 saturated heterocycles. The fraction of sp³-hybridized carbons (Fsp3) is 0.524. The maximum Gasteiger partial charge on any atom is 0.191 e. The van der Waals surface area contributed by atoms with E-state index in [0.29, 0.717) is 12.6 Å². The van der Waals surface area contributed by atoms with Gasteiger partial charge in [-0.2, -0.15) is 0 Å². The van der Waals surface area contributed by atoms with Crippen LogP contribution in [0.5, 0.6) is 0 Å². The van der Waals surface area contributed by atoms with Gasteiger partial charge in [0.25, 0.3) is 0 Å². The smallest absolute Gasteiger partial charge is 0.191 e. The highest BCUT2D eigenvalue weighted by Gasteiger charge is 2.09. The van der Waals surface area contributed by atoms with Gasteiger partial charge >= 0.3 is 0 Å². The lowest BCUT2D eigenvalue weighted by Crippen LogP contribution is -2.42. The molecule has 0 amide bonds. The molecule has 0 aliphatic carbocycles. The number of aliphatic imine (C=N–C) groups is 1. The number of nitrogens with one attached hydrogen (secondary N) is 2. The summed E-state index contributed by atoms with van der Waals surface area (Å²) in [4.78, 5) is 6.76. The molecule has 0 saturated carbocycles. The first kappa shape index (κ1) is 24.4. The topological polar surface area (TPSA) is 65.7 Å². The van der Waals surface area contributed by atoms with Crippen LogP contribution in [0.15, 0.2) is 45.9 Å². The van der Waals surface area contributed by atoms with Gasteiger partial charge in [0.05, 0.1) is 6.54 Å². The number of aromatic nitrogens is 1. The van der Waals surface area contributed by atoms with E-state index in [2.05, 4.69) is 46.5 Å². The molecule has 1 heterocycles. The van der Waals surface area contributed by atoms with Crippen molar-refractivity contribution < 1.29 is 4.52 Å². The Kier molecular flexibility index (Phi) is 11.8. The summed E-state index contributed by atoms with van der Waals surface area (Å²) >= 11 is 0. The fourth-order valence-corrected chi connectivity index (χ4v) is 2.97.